The molecule has 0 unspecified atom stereocenters. The van der Waals surface area contributed by atoms with Gasteiger partial charge in [0.05, 0.1) is 11.5 Å². The lowest BCUT2D eigenvalue weighted by Gasteiger charge is -1.97. The fourth-order valence-corrected chi connectivity index (χ4v) is 1.46. The lowest BCUT2D eigenvalue weighted by Crippen LogP contribution is -2.07. The Kier molecular flexibility index (Phi) is 2.69. The van der Waals surface area contributed by atoms with Gasteiger partial charge >= 0.3 is 5.69 Å². The summed E-state index contributed by atoms with van der Waals surface area (Å²) >= 11 is 0. The zero-order valence-corrected chi connectivity index (χ0v) is 8.33. The standard InChI is InChI=1S/C9H10N4O3/c14-6-4-10-9-8(13(15)16)7-3-1-2-5-12(7)11-9/h1-3,5,14H,4,6H2,(H,10,11). The van der Waals surface area contributed by atoms with Gasteiger partial charge in [0.15, 0.2) is 0 Å². The zero-order chi connectivity index (χ0) is 11.5. The lowest BCUT2D eigenvalue weighted by atomic mass is 10.3. The monoisotopic (exact) mass is 222 g/mol. The summed E-state index contributed by atoms with van der Waals surface area (Å²) in [5.74, 6) is 0.172. The van der Waals surface area contributed by atoms with Crippen molar-refractivity contribution in [2.45, 2.75) is 0 Å². The van der Waals surface area contributed by atoms with Crippen LogP contribution in [0.4, 0.5) is 11.5 Å². The van der Waals surface area contributed by atoms with Gasteiger partial charge in [-0.25, -0.2) is 4.52 Å². The molecule has 0 fully saturated rings. The number of fused-ring (bicyclic) bond motifs is 1. The Labute approximate surface area is 90.5 Å². The number of rotatable bonds is 4. The highest BCUT2D eigenvalue weighted by atomic mass is 16.6. The van der Waals surface area contributed by atoms with Crippen molar-refractivity contribution in [3.05, 3.63) is 34.5 Å². The van der Waals surface area contributed by atoms with Gasteiger partial charge in [0.1, 0.15) is 5.52 Å². The van der Waals surface area contributed by atoms with Crippen LogP contribution in [0.5, 0.6) is 0 Å². The minimum absolute atomic E-state index is 0.0750. The van der Waals surface area contributed by atoms with Gasteiger partial charge in [-0.05, 0) is 12.1 Å². The van der Waals surface area contributed by atoms with Crippen LogP contribution in [0.2, 0.25) is 0 Å². The average molecular weight is 222 g/mol. The highest BCUT2D eigenvalue weighted by Gasteiger charge is 2.22. The molecule has 84 valence electrons. The summed E-state index contributed by atoms with van der Waals surface area (Å²) in [6, 6.07) is 5.06. The average Bonchev–Trinajstić information content (AvgIpc) is 2.64. The molecule has 0 aliphatic heterocycles. The van der Waals surface area contributed by atoms with Crippen LogP contribution in [0.3, 0.4) is 0 Å². The number of nitrogens with one attached hydrogen (secondary N) is 1. The Morgan fingerprint density at radius 3 is 3.06 bits per heavy atom. The Balaban J connectivity index is 2.54. The number of hydrogen-bond acceptors (Lipinski definition) is 5. The third-order valence-corrected chi connectivity index (χ3v) is 2.10. The molecule has 2 aromatic rings. The minimum Gasteiger partial charge on any atom is -0.395 e. The normalized spacial score (nSPS) is 10.6. The van der Waals surface area contributed by atoms with Gasteiger partial charge in [-0.3, -0.25) is 10.1 Å². The van der Waals surface area contributed by atoms with Gasteiger partial charge in [0.25, 0.3) is 0 Å². The molecule has 16 heavy (non-hydrogen) atoms. The highest BCUT2D eigenvalue weighted by molar-refractivity contribution is 5.76. The third kappa shape index (κ3) is 1.68. The fourth-order valence-electron chi connectivity index (χ4n) is 1.46. The van der Waals surface area contributed by atoms with E-state index < -0.39 is 4.92 Å². The number of aromatic nitrogens is 2. The van der Waals surface area contributed by atoms with E-state index in [0.717, 1.165) is 0 Å². The van der Waals surface area contributed by atoms with Crippen LogP contribution < -0.4 is 5.32 Å². The topological polar surface area (TPSA) is 92.7 Å². The molecule has 2 N–H and O–H groups in total. The molecule has 0 saturated carbocycles. The van der Waals surface area contributed by atoms with Crippen molar-refractivity contribution in [2.24, 2.45) is 0 Å². The first-order chi connectivity index (χ1) is 7.74. The Morgan fingerprint density at radius 1 is 1.56 bits per heavy atom. The van der Waals surface area contributed by atoms with Gasteiger partial charge in [0, 0.05) is 12.7 Å². The van der Waals surface area contributed by atoms with Gasteiger partial charge in [-0.1, -0.05) is 6.07 Å². The molecular weight excluding hydrogens is 212 g/mol. The number of aliphatic hydroxyl groups is 1. The van der Waals surface area contributed by atoms with E-state index in [4.69, 9.17) is 5.11 Å². The van der Waals surface area contributed by atoms with Crippen molar-refractivity contribution < 1.29 is 10.0 Å². The maximum Gasteiger partial charge on any atom is 0.338 e. The second-order valence-corrected chi connectivity index (χ2v) is 3.14. The van der Waals surface area contributed by atoms with E-state index in [0.29, 0.717) is 5.52 Å². The van der Waals surface area contributed by atoms with Crippen LogP contribution >= 0.6 is 0 Å². The van der Waals surface area contributed by atoms with Crippen molar-refractivity contribution in [1.29, 1.82) is 0 Å². The number of aliphatic hydroxyl groups excluding tert-OH is 1. The van der Waals surface area contributed by atoms with E-state index in [2.05, 4.69) is 10.4 Å². The Morgan fingerprint density at radius 2 is 2.38 bits per heavy atom. The number of nitrogens with zero attached hydrogens (tertiary/aromatic N) is 3. The molecule has 7 nitrogen and oxygen atoms in total. The van der Waals surface area contributed by atoms with Crippen LogP contribution in [0.1, 0.15) is 0 Å². The van der Waals surface area contributed by atoms with Gasteiger partial charge < -0.3 is 10.4 Å². The van der Waals surface area contributed by atoms with Gasteiger partial charge in [-0.15, -0.1) is 5.10 Å². The van der Waals surface area contributed by atoms with E-state index in [-0.39, 0.29) is 24.7 Å². The first kappa shape index (κ1) is 10.4. The Bertz CT molecular complexity index is 522. The van der Waals surface area contributed by atoms with Crippen LogP contribution in [0.15, 0.2) is 24.4 Å². The van der Waals surface area contributed by atoms with E-state index >= 15 is 0 Å². The Hall–Kier alpha value is -2.15. The maximum atomic E-state index is 10.9. The molecule has 0 radical (unpaired) electrons. The first-order valence-corrected chi connectivity index (χ1v) is 4.70. The largest absolute Gasteiger partial charge is 0.395 e. The molecule has 0 aliphatic rings. The molecule has 2 heterocycles. The first-order valence-electron chi connectivity index (χ1n) is 4.70. The molecule has 0 spiro atoms. The predicted octanol–water partition coefficient (Wildman–Crippen LogP) is 0.647. The van der Waals surface area contributed by atoms with Crippen molar-refractivity contribution in [2.75, 3.05) is 18.5 Å². The number of pyridine rings is 1. The van der Waals surface area contributed by atoms with E-state index in [9.17, 15) is 10.1 Å². The maximum absolute atomic E-state index is 10.9. The predicted molar refractivity (Wildman–Crippen MR) is 57.4 cm³/mol. The van der Waals surface area contributed by atoms with Gasteiger partial charge in [0.2, 0.25) is 5.82 Å². The molecule has 0 atom stereocenters. The molecule has 7 heteroatoms. The quantitative estimate of drug-likeness (QED) is 0.585. The van der Waals surface area contributed by atoms with E-state index in [1.165, 1.54) is 4.52 Å². The van der Waals surface area contributed by atoms with E-state index in [1.807, 2.05) is 0 Å². The summed E-state index contributed by atoms with van der Waals surface area (Å²) in [7, 11) is 0. The molecule has 0 bridgehead atoms. The summed E-state index contributed by atoms with van der Waals surface area (Å²) in [6.07, 6.45) is 1.63. The summed E-state index contributed by atoms with van der Waals surface area (Å²) in [6.45, 7) is 0.121. The molecule has 0 aliphatic carbocycles. The molecular formula is C9H10N4O3. The SMILES string of the molecule is O=[N+]([O-])c1c(NCCO)nn2ccccc12. The van der Waals surface area contributed by atoms with Gasteiger partial charge in [-0.2, -0.15) is 0 Å². The second kappa shape index (κ2) is 4.15. The third-order valence-electron chi connectivity index (χ3n) is 2.10. The van der Waals surface area contributed by atoms with Crippen molar-refractivity contribution in [1.82, 2.24) is 9.61 Å². The lowest BCUT2D eigenvalue weighted by molar-refractivity contribution is -0.382. The second-order valence-electron chi connectivity index (χ2n) is 3.14. The highest BCUT2D eigenvalue weighted by Crippen LogP contribution is 2.28. The zero-order valence-electron chi connectivity index (χ0n) is 8.33. The smallest absolute Gasteiger partial charge is 0.338 e. The van der Waals surface area contributed by atoms with Crippen LogP contribution in [0.25, 0.3) is 5.52 Å². The van der Waals surface area contributed by atoms with E-state index in [1.54, 1.807) is 24.4 Å². The molecule has 0 amide bonds. The van der Waals surface area contributed by atoms with Crippen molar-refractivity contribution in [3.8, 4) is 0 Å². The van der Waals surface area contributed by atoms with Crippen molar-refractivity contribution in [3.63, 3.8) is 0 Å². The summed E-state index contributed by atoms with van der Waals surface area (Å²) in [4.78, 5) is 10.4. The fraction of sp³-hybridized carbons (Fsp3) is 0.222. The van der Waals surface area contributed by atoms with Crippen molar-refractivity contribution >= 4 is 17.0 Å². The molecule has 2 rings (SSSR count). The van der Waals surface area contributed by atoms with Crippen LogP contribution in [-0.2, 0) is 0 Å². The van der Waals surface area contributed by atoms with Crippen LogP contribution in [0, 0.1) is 10.1 Å². The molecule has 2 aromatic heterocycles. The number of anilines is 1. The molecule has 0 aromatic carbocycles. The summed E-state index contributed by atoms with van der Waals surface area (Å²) < 4.78 is 1.43. The van der Waals surface area contributed by atoms with Crippen LogP contribution in [-0.4, -0.2) is 32.8 Å². The number of nitro groups is 1. The molecule has 0 saturated heterocycles. The summed E-state index contributed by atoms with van der Waals surface area (Å²) in [5, 5.41) is 26.3. The summed E-state index contributed by atoms with van der Waals surface area (Å²) in [5.41, 5.74) is 0.349. The number of hydrogen-bond donors (Lipinski definition) is 2. The minimum atomic E-state index is -0.484.